The van der Waals surface area contributed by atoms with Crippen molar-refractivity contribution >= 4 is 48.7 Å². The van der Waals surface area contributed by atoms with Gasteiger partial charge in [-0.05, 0) is 0 Å². The third-order valence-corrected chi connectivity index (χ3v) is 4.37. The van der Waals surface area contributed by atoms with Crippen LogP contribution in [0.2, 0.25) is 0 Å². The molecular formula is C10H6N2O3SSe. The Bertz CT molecular complexity index is 556. The summed E-state index contributed by atoms with van der Waals surface area (Å²) in [5.41, 5.74) is 0.699. The average molecular weight is 313 g/mol. The molecule has 86 valence electrons. The van der Waals surface area contributed by atoms with Crippen molar-refractivity contribution in [1.82, 2.24) is 5.32 Å². The first kappa shape index (κ1) is 11.9. The van der Waals surface area contributed by atoms with Crippen LogP contribution in [0.15, 0.2) is 28.7 Å². The van der Waals surface area contributed by atoms with Crippen LogP contribution in [-0.2, 0) is 0 Å². The van der Waals surface area contributed by atoms with Crippen LogP contribution in [0.25, 0.3) is 6.08 Å². The molecule has 0 aliphatic carbocycles. The van der Waals surface area contributed by atoms with Gasteiger partial charge in [-0.3, -0.25) is 0 Å². The number of amides is 1. The molecule has 1 aliphatic rings. The zero-order valence-electron chi connectivity index (χ0n) is 8.38. The summed E-state index contributed by atoms with van der Waals surface area (Å²) in [7, 11) is 0. The third kappa shape index (κ3) is 2.76. The van der Waals surface area contributed by atoms with Crippen LogP contribution >= 0.6 is 12.2 Å². The molecule has 1 aliphatic heterocycles. The Hall–Kier alpha value is -1.56. The Balaban J connectivity index is 2.33. The van der Waals surface area contributed by atoms with Crippen molar-refractivity contribution in [2.75, 3.05) is 0 Å². The molecule has 1 heterocycles. The Labute approximate surface area is 108 Å². The van der Waals surface area contributed by atoms with E-state index in [1.165, 1.54) is 12.1 Å². The number of carbonyl (C=O) groups excluding carboxylic acids is 1. The number of nitrogens with one attached hydrogen (secondary N) is 1. The van der Waals surface area contributed by atoms with Crippen LogP contribution < -0.4 is 5.32 Å². The summed E-state index contributed by atoms with van der Waals surface area (Å²) in [5.74, 6) is 0. The maximum absolute atomic E-state index is 11.1. The number of nitro benzene ring substituents is 1. The Kier molecular flexibility index (Phi) is 3.33. The molecule has 1 amide bonds. The van der Waals surface area contributed by atoms with E-state index in [0.29, 0.717) is 10.6 Å². The van der Waals surface area contributed by atoms with Crippen molar-refractivity contribution in [2.45, 2.75) is 0 Å². The van der Waals surface area contributed by atoms with Crippen LogP contribution in [0.3, 0.4) is 0 Å². The van der Waals surface area contributed by atoms with Gasteiger partial charge in [-0.25, -0.2) is 0 Å². The first-order valence-electron chi connectivity index (χ1n) is 4.55. The molecule has 0 bridgehead atoms. The van der Waals surface area contributed by atoms with Crippen LogP contribution in [0.5, 0.6) is 0 Å². The van der Waals surface area contributed by atoms with Gasteiger partial charge in [-0.1, -0.05) is 0 Å². The number of carbonyl (C=O) groups is 1. The van der Waals surface area contributed by atoms with Gasteiger partial charge in [-0.2, -0.15) is 0 Å². The molecule has 1 N–H and O–H groups in total. The predicted molar refractivity (Wildman–Crippen MR) is 68.0 cm³/mol. The number of benzene rings is 1. The Morgan fingerprint density at radius 2 is 2.24 bits per heavy atom. The van der Waals surface area contributed by atoms with Gasteiger partial charge < -0.3 is 0 Å². The number of hydrogen-bond donors (Lipinski definition) is 1. The zero-order chi connectivity index (χ0) is 12.4. The van der Waals surface area contributed by atoms with Gasteiger partial charge in [0.1, 0.15) is 0 Å². The summed E-state index contributed by atoms with van der Waals surface area (Å²) in [5, 5.41) is 13.1. The van der Waals surface area contributed by atoms with Gasteiger partial charge in [0.15, 0.2) is 0 Å². The fraction of sp³-hybridized carbons (Fsp3) is 0. The summed E-state index contributed by atoms with van der Waals surface area (Å²) >= 11 is 4.64. The van der Waals surface area contributed by atoms with E-state index in [4.69, 9.17) is 12.2 Å². The fourth-order valence-electron chi connectivity index (χ4n) is 1.30. The van der Waals surface area contributed by atoms with Crippen LogP contribution in [0, 0.1) is 10.1 Å². The molecule has 0 unspecified atom stereocenters. The van der Waals surface area contributed by atoms with Crippen LogP contribution in [-0.4, -0.2) is 29.7 Å². The van der Waals surface area contributed by atoms with Crippen molar-refractivity contribution in [3.63, 3.8) is 0 Å². The molecule has 1 saturated heterocycles. The molecular weight excluding hydrogens is 307 g/mol. The molecule has 0 aromatic heterocycles. The minimum atomic E-state index is -0.455. The number of rotatable bonds is 2. The second kappa shape index (κ2) is 4.75. The first-order valence-corrected chi connectivity index (χ1v) is 6.68. The number of nitro groups is 1. The minimum absolute atomic E-state index is 0.0232. The first-order chi connectivity index (χ1) is 8.06. The quantitative estimate of drug-likeness (QED) is 0.296. The number of thiocarbonyl (C=S) groups is 1. The monoisotopic (exact) mass is 314 g/mol. The van der Waals surface area contributed by atoms with Crippen molar-refractivity contribution in [1.29, 1.82) is 0 Å². The van der Waals surface area contributed by atoms with E-state index in [9.17, 15) is 14.9 Å². The molecule has 0 saturated carbocycles. The zero-order valence-corrected chi connectivity index (χ0v) is 10.9. The van der Waals surface area contributed by atoms with Crippen molar-refractivity contribution in [2.24, 2.45) is 0 Å². The summed E-state index contributed by atoms with van der Waals surface area (Å²) < 4.78 is 0.748. The summed E-state index contributed by atoms with van der Waals surface area (Å²) in [6.45, 7) is 0. The Morgan fingerprint density at radius 1 is 1.47 bits per heavy atom. The van der Waals surface area contributed by atoms with Gasteiger partial charge in [0, 0.05) is 0 Å². The standard InChI is InChI=1S/C10H6N2O3SSe/c13-10-11-9(16)8(17-10)5-6-2-1-3-7(4-6)12(14)15/h1-5H,(H,11,13,16). The van der Waals surface area contributed by atoms with Gasteiger partial charge in [0.25, 0.3) is 0 Å². The van der Waals surface area contributed by atoms with E-state index in [1.54, 1.807) is 18.2 Å². The molecule has 0 spiro atoms. The topological polar surface area (TPSA) is 72.2 Å². The Morgan fingerprint density at radius 3 is 2.82 bits per heavy atom. The van der Waals surface area contributed by atoms with Gasteiger partial charge in [-0.15, -0.1) is 0 Å². The molecule has 0 atom stereocenters. The molecule has 0 radical (unpaired) electrons. The molecule has 1 aromatic carbocycles. The molecule has 7 heteroatoms. The second-order valence-corrected chi connectivity index (χ2v) is 5.74. The second-order valence-electron chi connectivity index (χ2n) is 3.20. The van der Waals surface area contributed by atoms with Crippen molar-refractivity contribution in [3.8, 4) is 0 Å². The van der Waals surface area contributed by atoms with Gasteiger partial charge in [0.2, 0.25) is 0 Å². The van der Waals surface area contributed by atoms with E-state index in [0.717, 1.165) is 4.47 Å². The molecule has 2 rings (SSSR count). The molecule has 5 nitrogen and oxygen atoms in total. The molecule has 1 aromatic rings. The SMILES string of the molecule is O=C1NC(=S)C(=Cc2cccc([N+](=O)[O-])c2)[Se]1. The normalized spacial score (nSPS) is 17.3. The van der Waals surface area contributed by atoms with Gasteiger partial charge in [0.05, 0.1) is 0 Å². The number of non-ortho nitro benzene ring substituents is 1. The summed E-state index contributed by atoms with van der Waals surface area (Å²) in [6.07, 6.45) is 1.72. The maximum atomic E-state index is 11.1. The average Bonchev–Trinajstić information content (AvgIpc) is 2.58. The van der Waals surface area contributed by atoms with E-state index in [-0.39, 0.29) is 25.4 Å². The number of nitrogens with zero attached hydrogens (tertiary/aromatic N) is 1. The van der Waals surface area contributed by atoms with Gasteiger partial charge >= 0.3 is 108 Å². The van der Waals surface area contributed by atoms with Crippen molar-refractivity contribution < 1.29 is 9.72 Å². The molecule has 17 heavy (non-hydrogen) atoms. The van der Waals surface area contributed by atoms with E-state index in [2.05, 4.69) is 5.32 Å². The predicted octanol–water partition coefficient (Wildman–Crippen LogP) is 1.69. The van der Waals surface area contributed by atoms with E-state index in [1.807, 2.05) is 0 Å². The van der Waals surface area contributed by atoms with Crippen molar-refractivity contribution in [3.05, 3.63) is 44.4 Å². The van der Waals surface area contributed by atoms with Crippen LogP contribution in [0.1, 0.15) is 5.56 Å². The summed E-state index contributed by atoms with van der Waals surface area (Å²) in [6, 6.07) is 6.21. The number of hydrogen-bond acceptors (Lipinski definition) is 4. The summed E-state index contributed by atoms with van der Waals surface area (Å²) in [4.78, 5) is 21.6. The van der Waals surface area contributed by atoms with E-state index < -0.39 is 4.92 Å². The molecule has 1 fully saturated rings. The fourth-order valence-corrected chi connectivity index (χ4v) is 3.27. The third-order valence-electron chi connectivity index (χ3n) is 2.02. The van der Waals surface area contributed by atoms with Crippen LogP contribution in [0.4, 0.5) is 10.5 Å². The van der Waals surface area contributed by atoms with E-state index >= 15 is 0 Å².